The van der Waals surface area contributed by atoms with Gasteiger partial charge in [0.1, 0.15) is 0 Å². The number of hydrogen-bond acceptors (Lipinski definition) is 3. The molecule has 0 fully saturated rings. The van der Waals surface area contributed by atoms with Crippen molar-refractivity contribution in [1.82, 2.24) is 0 Å². The zero-order valence-corrected chi connectivity index (χ0v) is 11.2. The summed E-state index contributed by atoms with van der Waals surface area (Å²) >= 11 is 1.50. The predicted octanol–water partition coefficient (Wildman–Crippen LogP) is 4.40. The van der Waals surface area contributed by atoms with Crippen molar-refractivity contribution in [3.8, 4) is 0 Å². The lowest BCUT2D eigenvalue weighted by molar-refractivity contribution is -0.428. The van der Waals surface area contributed by atoms with Crippen LogP contribution in [0.3, 0.4) is 0 Å². The third-order valence-corrected chi connectivity index (χ3v) is 3.74. The Morgan fingerprint density at radius 2 is 1.82 bits per heavy atom. The van der Waals surface area contributed by atoms with Gasteiger partial charge in [0, 0.05) is 11.3 Å². The molecule has 0 aliphatic rings. The molecule has 0 aliphatic carbocycles. The standard InChI is InChI=1S/C13H17NO2S/c1-4-12(14(15)16)13(5-2)17-11-8-6-10(3)7-9-11/h6-9H,4-5H2,1-3H3/b13-12-. The molecule has 4 heteroatoms. The minimum Gasteiger partial charge on any atom is -0.259 e. The molecule has 92 valence electrons. The van der Waals surface area contributed by atoms with Crippen LogP contribution in [0.15, 0.2) is 39.8 Å². The van der Waals surface area contributed by atoms with Gasteiger partial charge in [0.05, 0.1) is 9.83 Å². The molecule has 17 heavy (non-hydrogen) atoms. The molecule has 0 N–H and O–H groups in total. The zero-order valence-electron chi connectivity index (χ0n) is 10.4. The van der Waals surface area contributed by atoms with Crippen LogP contribution in [-0.2, 0) is 0 Å². The molecule has 0 aliphatic heterocycles. The highest BCUT2D eigenvalue weighted by Crippen LogP contribution is 2.32. The summed E-state index contributed by atoms with van der Waals surface area (Å²) in [6.45, 7) is 5.80. The van der Waals surface area contributed by atoms with Crippen molar-refractivity contribution in [2.24, 2.45) is 0 Å². The molecule has 0 atom stereocenters. The van der Waals surface area contributed by atoms with Gasteiger partial charge in [-0.25, -0.2) is 0 Å². The van der Waals surface area contributed by atoms with Gasteiger partial charge in [0.2, 0.25) is 0 Å². The number of allylic oxidation sites excluding steroid dienone is 2. The van der Waals surface area contributed by atoms with Crippen molar-refractivity contribution < 1.29 is 4.92 Å². The van der Waals surface area contributed by atoms with Crippen molar-refractivity contribution in [1.29, 1.82) is 0 Å². The molecule has 1 aromatic carbocycles. The summed E-state index contributed by atoms with van der Waals surface area (Å²) in [6.07, 6.45) is 1.16. The van der Waals surface area contributed by atoms with E-state index in [-0.39, 0.29) is 4.92 Å². The lowest BCUT2D eigenvalue weighted by Gasteiger charge is -2.06. The molecule has 1 rings (SSSR count). The summed E-state index contributed by atoms with van der Waals surface area (Å²) in [4.78, 5) is 12.5. The maximum Gasteiger partial charge on any atom is 0.255 e. The van der Waals surface area contributed by atoms with Crippen molar-refractivity contribution in [2.75, 3.05) is 0 Å². The van der Waals surface area contributed by atoms with Crippen LogP contribution >= 0.6 is 11.8 Å². The molecule has 0 bridgehead atoms. The molecule has 0 radical (unpaired) electrons. The van der Waals surface area contributed by atoms with Crippen LogP contribution < -0.4 is 0 Å². The van der Waals surface area contributed by atoms with Crippen molar-refractivity contribution in [3.63, 3.8) is 0 Å². The maximum absolute atomic E-state index is 10.9. The third-order valence-electron chi connectivity index (χ3n) is 2.46. The molecule has 1 aromatic rings. The Labute approximate surface area is 106 Å². The molecule has 0 heterocycles. The number of nitro groups is 1. The third kappa shape index (κ3) is 3.89. The van der Waals surface area contributed by atoms with E-state index in [4.69, 9.17) is 0 Å². The normalized spacial score (nSPS) is 12.2. The molecule has 0 aromatic heterocycles. The number of benzene rings is 1. The van der Waals surface area contributed by atoms with E-state index < -0.39 is 0 Å². The van der Waals surface area contributed by atoms with Gasteiger partial charge in [0.15, 0.2) is 0 Å². The fraction of sp³-hybridized carbons (Fsp3) is 0.385. The van der Waals surface area contributed by atoms with E-state index in [2.05, 4.69) is 0 Å². The predicted molar refractivity (Wildman–Crippen MR) is 71.6 cm³/mol. The summed E-state index contributed by atoms with van der Waals surface area (Å²) in [5.74, 6) is 0. The molecule has 0 saturated carbocycles. The Bertz CT molecular complexity index is 424. The van der Waals surface area contributed by atoms with E-state index >= 15 is 0 Å². The van der Waals surface area contributed by atoms with Crippen molar-refractivity contribution in [2.45, 2.75) is 38.5 Å². The highest BCUT2D eigenvalue weighted by molar-refractivity contribution is 8.03. The van der Waals surface area contributed by atoms with Crippen LogP contribution in [0, 0.1) is 17.0 Å². The van der Waals surface area contributed by atoms with E-state index in [1.54, 1.807) is 0 Å². The first-order chi connectivity index (χ1) is 8.08. The van der Waals surface area contributed by atoms with Gasteiger partial charge in [-0.15, -0.1) is 0 Å². The Kier molecular flexibility index (Phi) is 5.22. The van der Waals surface area contributed by atoms with Gasteiger partial charge < -0.3 is 0 Å². The summed E-state index contributed by atoms with van der Waals surface area (Å²) in [7, 11) is 0. The van der Waals surface area contributed by atoms with Gasteiger partial charge in [-0.05, 0) is 25.5 Å². The van der Waals surface area contributed by atoms with Crippen LogP contribution in [0.1, 0.15) is 32.3 Å². The first-order valence-electron chi connectivity index (χ1n) is 5.69. The molecule has 0 spiro atoms. The number of nitrogens with zero attached hydrogens (tertiary/aromatic N) is 1. The first kappa shape index (κ1) is 13.8. The Balaban J connectivity index is 2.96. The van der Waals surface area contributed by atoms with Crippen LogP contribution in [-0.4, -0.2) is 4.92 Å². The SMILES string of the molecule is CC/C(Sc1ccc(C)cc1)=C(\CC)[N+](=O)[O-]. The largest absolute Gasteiger partial charge is 0.259 e. The van der Waals surface area contributed by atoms with E-state index in [0.29, 0.717) is 18.5 Å². The molecule has 3 nitrogen and oxygen atoms in total. The van der Waals surface area contributed by atoms with Crippen molar-refractivity contribution >= 4 is 11.8 Å². The van der Waals surface area contributed by atoms with E-state index in [0.717, 1.165) is 9.80 Å². The van der Waals surface area contributed by atoms with Crippen LogP contribution in [0.2, 0.25) is 0 Å². The first-order valence-corrected chi connectivity index (χ1v) is 6.51. The Hall–Kier alpha value is -1.29. The second-order valence-corrected chi connectivity index (χ2v) is 4.92. The average Bonchev–Trinajstić information content (AvgIpc) is 2.31. The summed E-state index contributed by atoms with van der Waals surface area (Å²) in [6, 6.07) is 8.05. The molecule has 0 saturated heterocycles. The quantitative estimate of drug-likeness (QED) is 0.442. The number of hydrogen-bond donors (Lipinski definition) is 0. The van der Waals surface area contributed by atoms with E-state index in [1.807, 2.05) is 45.0 Å². The fourth-order valence-electron chi connectivity index (χ4n) is 1.51. The fourth-order valence-corrected chi connectivity index (χ4v) is 2.55. The average molecular weight is 251 g/mol. The second kappa shape index (κ2) is 6.45. The maximum atomic E-state index is 10.9. The lowest BCUT2D eigenvalue weighted by atomic mass is 10.2. The van der Waals surface area contributed by atoms with Gasteiger partial charge in [-0.3, -0.25) is 10.1 Å². The summed E-state index contributed by atoms with van der Waals surface area (Å²) < 4.78 is 0. The smallest absolute Gasteiger partial charge is 0.255 e. The number of rotatable bonds is 5. The lowest BCUT2D eigenvalue weighted by Crippen LogP contribution is -2.00. The number of thioether (sulfide) groups is 1. The monoisotopic (exact) mass is 251 g/mol. The van der Waals surface area contributed by atoms with Gasteiger partial charge >= 0.3 is 0 Å². The topological polar surface area (TPSA) is 43.1 Å². The van der Waals surface area contributed by atoms with Gasteiger partial charge in [-0.1, -0.05) is 43.3 Å². The summed E-state index contributed by atoms with van der Waals surface area (Å²) in [5.41, 5.74) is 1.53. The molecule has 0 unspecified atom stereocenters. The van der Waals surface area contributed by atoms with Gasteiger partial charge in [-0.2, -0.15) is 0 Å². The van der Waals surface area contributed by atoms with Crippen LogP contribution in [0.25, 0.3) is 0 Å². The zero-order chi connectivity index (χ0) is 12.8. The van der Waals surface area contributed by atoms with Crippen molar-refractivity contribution in [3.05, 3.63) is 50.5 Å². The number of aryl methyl sites for hydroxylation is 1. The summed E-state index contributed by atoms with van der Waals surface area (Å²) in [5, 5.41) is 10.9. The van der Waals surface area contributed by atoms with E-state index in [1.165, 1.54) is 17.3 Å². The Morgan fingerprint density at radius 3 is 2.24 bits per heavy atom. The molecular formula is C13H17NO2S. The van der Waals surface area contributed by atoms with Gasteiger partial charge in [0.25, 0.3) is 5.70 Å². The molecule has 0 amide bonds. The van der Waals surface area contributed by atoms with Crippen LogP contribution in [0.4, 0.5) is 0 Å². The van der Waals surface area contributed by atoms with Crippen LogP contribution in [0.5, 0.6) is 0 Å². The highest BCUT2D eigenvalue weighted by Gasteiger charge is 2.15. The molecular weight excluding hydrogens is 234 g/mol. The Morgan fingerprint density at radius 1 is 1.24 bits per heavy atom. The minimum absolute atomic E-state index is 0.264. The minimum atomic E-state index is -0.264. The second-order valence-electron chi connectivity index (χ2n) is 3.75. The van der Waals surface area contributed by atoms with E-state index in [9.17, 15) is 10.1 Å². The highest BCUT2D eigenvalue weighted by atomic mass is 32.2.